The molecular weight excluding hydrogens is 335 g/mol. The minimum absolute atomic E-state index is 0.274. The molecule has 1 amide bonds. The van der Waals surface area contributed by atoms with Gasteiger partial charge in [0.25, 0.3) is 5.91 Å². The van der Waals surface area contributed by atoms with E-state index in [-0.39, 0.29) is 11.5 Å². The molecule has 5 heteroatoms. The zero-order chi connectivity index (χ0) is 15.4. The number of nitrogens with zero attached hydrogens (tertiary/aromatic N) is 2. The van der Waals surface area contributed by atoms with Gasteiger partial charge in [-0.05, 0) is 51.8 Å². The van der Waals surface area contributed by atoms with Crippen molar-refractivity contribution in [2.75, 3.05) is 7.05 Å². The molecule has 0 spiro atoms. The molecule has 0 aliphatic carbocycles. The number of carbonyl (C=O) groups is 1. The van der Waals surface area contributed by atoms with Gasteiger partial charge in [0.2, 0.25) is 0 Å². The number of halogens is 2. The summed E-state index contributed by atoms with van der Waals surface area (Å²) in [7, 11) is 1.64. The molecule has 0 aliphatic heterocycles. The average molecular weight is 347 g/mol. The molecule has 2 rings (SSSR count). The fourth-order valence-electron chi connectivity index (χ4n) is 1.93. The van der Waals surface area contributed by atoms with Gasteiger partial charge in [-0.2, -0.15) is 5.26 Å². The van der Waals surface area contributed by atoms with Crippen molar-refractivity contribution in [3.8, 4) is 6.07 Å². The Bertz CT molecular complexity index is 724. The van der Waals surface area contributed by atoms with Crippen LogP contribution >= 0.6 is 15.9 Å². The molecule has 0 unspecified atom stereocenters. The molecule has 0 bridgehead atoms. The zero-order valence-corrected chi connectivity index (χ0v) is 12.9. The van der Waals surface area contributed by atoms with Crippen LogP contribution in [0.5, 0.6) is 0 Å². The van der Waals surface area contributed by atoms with Crippen LogP contribution in [0.4, 0.5) is 4.39 Å². The van der Waals surface area contributed by atoms with Gasteiger partial charge in [0.05, 0.1) is 16.1 Å². The quantitative estimate of drug-likeness (QED) is 0.849. The van der Waals surface area contributed by atoms with Gasteiger partial charge >= 0.3 is 0 Å². The number of benzene rings is 2. The second-order valence-corrected chi connectivity index (χ2v) is 5.46. The van der Waals surface area contributed by atoms with Gasteiger partial charge in [0.15, 0.2) is 0 Å². The second-order valence-electron chi connectivity index (χ2n) is 4.60. The molecule has 0 atom stereocenters. The van der Waals surface area contributed by atoms with Crippen molar-refractivity contribution in [2.24, 2.45) is 0 Å². The van der Waals surface area contributed by atoms with Crippen molar-refractivity contribution >= 4 is 21.8 Å². The fourth-order valence-corrected chi connectivity index (χ4v) is 2.18. The summed E-state index contributed by atoms with van der Waals surface area (Å²) in [6.07, 6.45) is 0. The summed E-state index contributed by atoms with van der Waals surface area (Å²) in [5.74, 6) is -0.746. The van der Waals surface area contributed by atoms with E-state index in [1.165, 1.54) is 17.0 Å². The average Bonchev–Trinajstić information content (AvgIpc) is 2.49. The number of nitriles is 1. The largest absolute Gasteiger partial charge is 0.337 e. The van der Waals surface area contributed by atoms with Crippen molar-refractivity contribution < 1.29 is 9.18 Å². The Labute approximate surface area is 130 Å². The van der Waals surface area contributed by atoms with E-state index in [0.29, 0.717) is 16.6 Å². The van der Waals surface area contributed by atoms with E-state index in [1.807, 2.05) is 6.07 Å². The summed E-state index contributed by atoms with van der Waals surface area (Å²) in [6, 6.07) is 13.4. The van der Waals surface area contributed by atoms with Gasteiger partial charge in [-0.3, -0.25) is 4.79 Å². The lowest BCUT2D eigenvalue weighted by Gasteiger charge is -2.17. The SMILES string of the molecule is CN(Cc1cccc(C#N)c1)C(=O)c1ccc(Br)c(F)c1. The summed E-state index contributed by atoms with van der Waals surface area (Å²) in [5, 5.41) is 8.86. The minimum atomic E-state index is -0.472. The molecule has 2 aromatic carbocycles. The predicted molar refractivity (Wildman–Crippen MR) is 81.1 cm³/mol. The van der Waals surface area contributed by atoms with Crippen LogP contribution in [0.25, 0.3) is 0 Å². The molecule has 3 nitrogen and oxygen atoms in total. The van der Waals surface area contributed by atoms with Gasteiger partial charge < -0.3 is 4.90 Å². The highest BCUT2D eigenvalue weighted by Crippen LogP contribution is 2.18. The number of hydrogen-bond donors (Lipinski definition) is 0. The predicted octanol–water partition coefficient (Wildman–Crippen LogP) is 3.73. The van der Waals surface area contributed by atoms with Crippen LogP contribution in [0.15, 0.2) is 46.9 Å². The van der Waals surface area contributed by atoms with Gasteiger partial charge in [-0.1, -0.05) is 12.1 Å². The lowest BCUT2D eigenvalue weighted by atomic mass is 10.1. The molecule has 0 aliphatic rings. The topological polar surface area (TPSA) is 44.1 Å². The first kappa shape index (κ1) is 15.2. The Hall–Kier alpha value is -2.19. The number of rotatable bonds is 3. The maximum atomic E-state index is 13.5. The molecule has 0 radical (unpaired) electrons. The lowest BCUT2D eigenvalue weighted by molar-refractivity contribution is 0.0784. The highest BCUT2D eigenvalue weighted by atomic mass is 79.9. The summed E-state index contributed by atoms with van der Waals surface area (Å²) in [5.41, 5.74) is 1.68. The van der Waals surface area contributed by atoms with E-state index in [1.54, 1.807) is 31.3 Å². The first-order chi connectivity index (χ1) is 10.0. The monoisotopic (exact) mass is 346 g/mol. The third-order valence-corrected chi connectivity index (χ3v) is 3.63. The van der Waals surface area contributed by atoms with E-state index in [2.05, 4.69) is 22.0 Å². The summed E-state index contributed by atoms with van der Waals surface area (Å²) in [4.78, 5) is 13.7. The summed E-state index contributed by atoms with van der Waals surface area (Å²) in [6.45, 7) is 0.353. The Morgan fingerprint density at radius 2 is 2.10 bits per heavy atom. The second kappa shape index (κ2) is 6.51. The van der Waals surface area contributed by atoms with Crippen molar-refractivity contribution in [3.63, 3.8) is 0 Å². The molecule has 21 heavy (non-hydrogen) atoms. The summed E-state index contributed by atoms with van der Waals surface area (Å²) < 4.78 is 13.8. The lowest BCUT2D eigenvalue weighted by Crippen LogP contribution is -2.26. The smallest absolute Gasteiger partial charge is 0.253 e. The van der Waals surface area contributed by atoms with Crippen molar-refractivity contribution in [2.45, 2.75) is 6.54 Å². The highest BCUT2D eigenvalue weighted by Gasteiger charge is 2.14. The first-order valence-electron chi connectivity index (χ1n) is 6.21. The van der Waals surface area contributed by atoms with Crippen molar-refractivity contribution in [1.29, 1.82) is 5.26 Å². The number of hydrogen-bond acceptors (Lipinski definition) is 2. The maximum absolute atomic E-state index is 13.5. The third kappa shape index (κ3) is 3.67. The van der Waals surface area contributed by atoms with Crippen LogP contribution in [0.1, 0.15) is 21.5 Å². The normalized spacial score (nSPS) is 10.0. The Balaban J connectivity index is 2.15. The van der Waals surface area contributed by atoms with Crippen molar-refractivity contribution in [3.05, 3.63) is 69.4 Å². The van der Waals surface area contributed by atoms with Crippen LogP contribution in [-0.2, 0) is 6.54 Å². The Morgan fingerprint density at radius 3 is 2.76 bits per heavy atom. The number of amides is 1. The van der Waals surface area contributed by atoms with E-state index in [9.17, 15) is 9.18 Å². The van der Waals surface area contributed by atoms with Crippen LogP contribution in [0, 0.1) is 17.1 Å². The van der Waals surface area contributed by atoms with Gasteiger partial charge in [-0.25, -0.2) is 4.39 Å². The molecule has 0 saturated heterocycles. The molecule has 0 saturated carbocycles. The van der Waals surface area contributed by atoms with Crippen LogP contribution in [0.3, 0.4) is 0 Å². The van der Waals surface area contributed by atoms with Gasteiger partial charge in [-0.15, -0.1) is 0 Å². The van der Waals surface area contributed by atoms with Crippen LogP contribution < -0.4 is 0 Å². The third-order valence-electron chi connectivity index (χ3n) is 2.99. The standard InChI is InChI=1S/C16H12BrFN2O/c1-20(10-12-4-2-3-11(7-12)9-19)16(21)13-5-6-14(17)15(18)8-13/h2-8H,10H2,1H3. The van der Waals surface area contributed by atoms with Crippen molar-refractivity contribution in [1.82, 2.24) is 4.90 Å². The van der Waals surface area contributed by atoms with E-state index >= 15 is 0 Å². The van der Waals surface area contributed by atoms with Gasteiger partial charge in [0, 0.05) is 19.2 Å². The minimum Gasteiger partial charge on any atom is -0.337 e. The zero-order valence-electron chi connectivity index (χ0n) is 11.3. The molecule has 106 valence electrons. The van der Waals surface area contributed by atoms with Crippen LogP contribution in [-0.4, -0.2) is 17.9 Å². The fraction of sp³-hybridized carbons (Fsp3) is 0.125. The Morgan fingerprint density at radius 1 is 1.33 bits per heavy atom. The molecular formula is C16H12BrFN2O. The summed E-state index contributed by atoms with van der Waals surface area (Å²) >= 11 is 3.05. The molecule has 0 N–H and O–H groups in total. The van der Waals surface area contributed by atoms with Crippen LogP contribution in [0.2, 0.25) is 0 Å². The van der Waals surface area contributed by atoms with E-state index < -0.39 is 5.82 Å². The van der Waals surface area contributed by atoms with E-state index in [0.717, 1.165) is 5.56 Å². The maximum Gasteiger partial charge on any atom is 0.253 e. The van der Waals surface area contributed by atoms with Gasteiger partial charge in [0.1, 0.15) is 5.82 Å². The van der Waals surface area contributed by atoms with E-state index in [4.69, 9.17) is 5.26 Å². The first-order valence-corrected chi connectivity index (χ1v) is 7.00. The molecule has 0 heterocycles. The molecule has 0 fully saturated rings. The Kier molecular flexibility index (Phi) is 4.71. The molecule has 2 aromatic rings. The molecule has 0 aromatic heterocycles. The number of carbonyl (C=O) groups excluding carboxylic acids is 1. The highest BCUT2D eigenvalue weighted by molar-refractivity contribution is 9.10.